The van der Waals surface area contributed by atoms with Crippen molar-refractivity contribution in [2.24, 2.45) is 0 Å². The van der Waals surface area contributed by atoms with E-state index in [0.717, 1.165) is 25.9 Å². The Morgan fingerprint density at radius 3 is 2.76 bits per heavy atom. The van der Waals surface area contributed by atoms with Gasteiger partial charge in [0.1, 0.15) is 5.82 Å². The van der Waals surface area contributed by atoms with Crippen molar-refractivity contribution in [2.45, 2.75) is 18.9 Å². The number of nitrogen functional groups attached to an aromatic ring is 1. The van der Waals surface area contributed by atoms with Gasteiger partial charge in [-0.3, -0.25) is 9.69 Å². The summed E-state index contributed by atoms with van der Waals surface area (Å²) in [6.07, 6.45) is 2.14. The highest BCUT2D eigenvalue weighted by Gasteiger charge is 2.22. The zero-order valence-electron chi connectivity index (χ0n) is 12.6. The Kier molecular flexibility index (Phi) is 5.14. The predicted molar refractivity (Wildman–Crippen MR) is 82.6 cm³/mol. The summed E-state index contributed by atoms with van der Waals surface area (Å²) in [7, 11) is 4.07. The van der Waals surface area contributed by atoms with Gasteiger partial charge < -0.3 is 16.0 Å². The Morgan fingerprint density at radius 2 is 2.14 bits per heavy atom. The van der Waals surface area contributed by atoms with Crippen LogP contribution < -0.4 is 11.1 Å². The Labute approximate surface area is 124 Å². The summed E-state index contributed by atoms with van der Waals surface area (Å²) in [6, 6.07) is 4.40. The molecule has 0 atom stereocenters. The summed E-state index contributed by atoms with van der Waals surface area (Å²) >= 11 is 0. The van der Waals surface area contributed by atoms with Gasteiger partial charge >= 0.3 is 0 Å². The lowest BCUT2D eigenvalue weighted by Crippen LogP contribution is -2.44. The van der Waals surface area contributed by atoms with Crippen LogP contribution in [0.25, 0.3) is 0 Å². The fourth-order valence-corrected chi connectivity index (χ4v) is 2.63. The second-order valence-electron chi connectivity index (χ2n) is 5.73. The van der Waals surface area contributed by atoms with E-state index in [2.05, 4.69) is 22.2 Å². The SMILES string of the molecule is CN1CCC(N(C)CC(=O)Nc2ccc(F)cc2N)CC1. The molecular formula is C15H23FN4O. The van der Waals surface area contributed by atoms with Gasteiger partial charge in [0.05, 0.1) is 17.9 Å². The van der Waals surface area contributed by atoms with E-state index in [9.17, 15) is 9.18 Å². The third-order valence-electron chi connectivity index (χ3n) is 3.99. The molecule has 0 aliphatic carbocycles. The van der Waals surface area contributed by atoms with Crippen molar-refractivity contribution in [1.29, 1.82) is 0 Å². The first-order valence-electron chi connectivity index (χ1n) is 7.19. The number of likely N-dealkylation sites (N-methyl/N-ethyl adjacent to an activating group) is 1. The first-order chi connectivity index (χ1) is 9.95. The molecule has 1 aliphatic heterocycles. The average Bonchev–Trinajstić information content (AvgIpc) is 2.42. The summed E-state index contributed by atoms with van der Waals surface area (Å²) in [4.78, 5) is 16.4. The Morgan fingerprint density at radius 1 is 1.48 bits per heavy atom. The molecule has 116 valence electrons. The number of anilines is 2. The fourth-order valence-electron chi connectivity index (χ4n) is 2.63. The lowest BCUT2D eigenvalue weighted by Gasteiger charge is -2.34. The topological polar surface area (TPSA) is 61.6 Å². The van der Waals surface area contributed by atoms with E-state index in [1.54, 1.807) is 0 Å². The van der Waals surface area contributed by atoms with E-state index in [1.165, 1.54) is 18.2 Å². The van der Waals surface area contributed by atoms with Gasteiger partial charge in [-0.05, 0) is 58.2 Å². The number of amides is 1. The smallest absolute Gasteiger partial charge is 0.238 e. The summed E-state index contributed by atoms with van der Waals surface area (Å²) < 4.78 is 13.0. The van der Waals surface area contributed by atoms with Gasteiger partial charge in [-0.2, -0.15) is 0 Å². The second kappa shape index (κ2) is 6.87. The Bertz CT molecular complexity index is 500. The van der Waals surface area contributed by atoms with Crippen LogP contribution in [0.5, 0.6) is 0 Å². The molecule has 1 aromatic carbocycles. The number of benzene rings is 1. The lowest BCUT2D eigenvalue weighted by molar-refractivity contribution is -0.117. The van der Waals surface area contributed by atoms with E-state index in [4.69, 9.17) is 5.73 Å². The molecular weight excluding hydrogens is 271 g/mol. The third-order valence-corrected chi connectivity index (χ3v) is 3.99. The molecule has 1 heterocycles. The summed E-state index contributed by atoms with van der Waals surface area (Å²) in [5.74, 6) is -0.538. The molecule has 1 saturated heterocycles. The maximum Gasteiger partial charge on any atom is 0.238 e. The largest absolute Gasteiger partial charge is 0.397 e. The van der Waals surface area contributed by atoms with Gasteiger partial charge in [0.15, 0.2) is 0 Å². The normalized spacial score (nSPS) is 17.1. The molecule has 1 fully saturated rings. The number of piperidine rings is 1. The number of rotatable bonds is 4. The van der Waals surface area contributed by atoms with E-state index in [0.29, 0.717) is 18.3 Å². The van der Waals surface area contributed by atoms with Gasteiger partial charge in [-0.15, -0.1) is 0 Å². The maximum absolute atomic E-state index is 13.0. The highest BCUT2D eigenvalue weighted by Crippen LogP contribution is 2.19. The molecule has 1 aromatic rings. The number of halogens is 1. The van der Waals surface area contributed by atoms with Crippen molar-refractivity contribution in [3.63, 3.8) is 0 Å². The van der Waals surface area contributed by atoms with E-state index < -0.39 is 5.82 Å². The highest BCUT2D eigenvalue weighted by atomic mass is 19.1. The molecule has 0 radical (unpaired) electrons. The quantitative estimate of drug-likeness (QED) is 0.824. The molecule has 3 N–H and O–H groups in total. The number of hydrogen-bond donors (Lipinski definition) is 2. The molecule has 0 bridgehead atoms. The van der Waals surface area contributed by atoms with E-state index >= 15 is 0 Å². The fraction of sp³-hybridized carbons (Fsp3) is 0.533. The molecule has 1 aliphatic rings. The standard InChI is InChI=1S/C15H23FN4O/c1-19-7-5-12(6-8-19)20(2)10-15(21)18-14-4-3-11(16)9-13(14)17/h3-4,9,12H,5-8,10,17H2,1-2H3,(H,18,21). The first-order valence-corrected chi connectivity index (χ1v) is 7.19. The van der Waals surface area contributed by atoms with Crippen molar-refractivity contribution in [1.82, 2.24) is 9.80 Å². The molecule has 2 rings (SSSR count). The minimum Gasteiger partial charge on any atom is -0.397 e. The second-order valence-corrected chi connectivity index (χ2v) is 5.73. The van der Waals surface area contributed by atoms with Crippen LogP contribution in [0.1, 0.15) is 12.8 Å². The number of likely N-dealkylation sites (tertiary alicyclic amines) is 1. The third kappa shape index (κ3) is 4.41. The van der Waals surface area contributed by atoms with Crippen LogP contribution in [0.4, 0.5) is 15.8 Å². The van der Waals surface area contributed by atoms with Crippen LogP contribution in [0.15, 0.2) is 18.2 Å². The van der Waals surface area contributed by atoms with Crippen molar-refractivity contribution in [2.75, 3.05) is 44.8 Å². The summed E-state index contributed by atoms with van der Waals surface area (Å²) in [5.41, 5.74) is 6.38. The number of carbonyl (C=O) groups excluding carboxylic acids is 1. The molecule has 6 heteroatoms. The van der Waals surface area contributed by atoms with Gasteiger partial charge in [-0.25, -0.2) is 4.39 Å². The molecule has 21 heavy (non-hydrogen) atoms. The van der Waals surface area contributed by atoms with Crippen LogP contribution in [-0.2, 0) is 4.79 Å². The van der Waals surface area contributed by atoms with Crippen molar-refractivity contribution >= 4 is 17.3 Å². The molecule has 5 nitrogen and oxygen atoms in total. The number of nitrogens with zero attached hydrogens (tertiary/aromatic N) is 2. The van der Waals surface area contributed by atoms with Crippen LogP contribution >= 0.6 is 0 Å². The van der Waals surface area contributed by atoms with Crippen LogP contribution in [0.2, 0.25) is 0 Å². The van der Waals surface area contributed by atoms with Gasteiger partial charge in [0, 0.05) is 6.04 Å². The number of nitrogens with two attached hydrogens (primary N) is 1. The van der Waals surface area contributed by atoms with Crippen LogP contribution in [-0.4, -0.2) is 55.5 Å². The van der Waals surface area contributed by atoms with Crippen LogP contribution in [0, 0.1) is 5.82 Å². The van der Waals surface area contributed by atoms with E-state index in [1.807, 2.05) is 7.05 Å². The van der Waals surface area contributed by atoms with Crippen molar-refractivity contribution in [3.8, 4) is 0 Å². The molecule has 1 amide bonds. The average molecular weight is 294 g/mol. The van der Waals surface area contributed by atoms with Gasteiger partial charge in [-0.1, -0.05) is 0 Å². The minimum absolute atomic E-state index is 0.130. The predicted octanol–water partition coefficient (Wildman–Crippen LogP) is 1.37. The maximum atomic E-state index is 13.0. The summed E-state index contributed by atoms with van der Waals surface area (Å²) in [5, 5.41) is 2.73. The van der Waals surface area contributed by atoms with Crippen molar-refractivity contribution < 1.29 is 9.18 Å². The molecule has 0 aromatic heterocycles. The number of nitrogens with one attached hydrogen (secondary N) is 1. The molecule has 0 saturated carbocycles. The van der Waals surface area contributed by atoms with E-state index in [-0.39, 0.29) is 11.6 Å². The summed E-state index contributed by atoms with van der Waals surface area (Å²) in [6.45, 7) is 2.42. The van der Waals surface area contributed by atoms with Crippen LogP contribution in [0.3, 0.4) is 0 Å². The van der Waals surface area contributed by atoms with Crippen molar-refractivity contribution in [3.05, 3.63) is 24.0 Å². The minimum atomic E-state index is -0.408. The number of hydrogen-bond acceptors (Lipinski definition) is 4. The zero-order valence-corrected chi connectivity index (χ0v) is 12.6. The first kappa shape index (κ1) is 15.7. The Hall–Kier alpha value is -1.66. The molecule has 0 unspecified atom stereocenters. The zero-order chi connectivity index (χ0) is 15.4. The van der Waals surface area contributed by atoms with Gasteiger partial charge in [0.2, 0.25) is 5.91 Å². The number of carbonyl (C=O) groups is 1. The molecule has 0 spiro atoms. The lowest BCUT2D eigenvalue weighted by atomic mass is 10.0. The highest BCUT2D eigenvalue weighted by molar-refractivity contribution is 5.95. The Balaban J connectivity index is 1.86. The monoisotopic (exact) mass is 294 g/mol. The van der Waals surface area contributed by atoms with Gasteiger partial charge in [0.25, 0.3) is 0 Å².